The summed E-state index contributed by atoms with van der Waals surface area (Å²) in [6, 6.07) is 16.7. The predicted molar refractivity (Wildman–Crippen MR) is 137 cm³/mol. The highest BCUT2D eigenvalue weighted by molar-refractivity contribution is 6.32. The highest BCUT2D eigenvalue weighted by atomic mass is 35.5. The van der Waals surface area contributed by atoms with Crippen LogP contribution in [0, 0.1) is 12.7 Å². The SMILES string of the molecule is Cc1c(Cl)cccc1NC(=O)CCCC(=O)N/N=C\c1ccc(OCc2c(F)cccc2Cl)cc1. The molecule has 0 fully saturated rings. The number of hydrazone groups is 1. The minimum absolute atomic E-state index is 0.00568. The normalized spacial score (nSPS) is 10.9. The Morgan fingerprint density at radius 3 is 2.40 bits per heavy atom. The number of benzene rings is 3. The van der Waals surface area contributed by atoms with Gasteiger partial charge >= 0.3 is 0 Å². The monoisotopic (exact) mass is 515 g/mol. The summed E-state index contributed by atoms with van der Waals surface area (Å²) in [6.07, 6.45) is 2.22. The van der Waals surface area contributed by atoms with E-state index in [9.17, 15) is 14.0 Å². The van der Waals surface area contributed by atoms with Gasteiger partial charge in [0.05, 0.1) is 11.2 Å². The Morgan fingerprint density at radius 2 is 1.66 bits per heavy atom. The van der Waals surface area contributed by atoms with Crippen LogP contribution in [0.4, 0.5) is 10.1 Å². The quantitative estimate of drug-likeness (QED) is 0.246. The van der Waals surface area contributed by atoms with E-state index < -0.39 is 5.82 Å². The zero-order chi connectivity index (χ0) is 25.2. The number of anilines is 1. The molecule has 0 spiro atoms. The second kappa shape index (κ2) is 12.9. The van der Waals surface area contributed by atoms with Gasteiger partial charge in [0.1, 0.15) is 18.2 Å². The van der Waals surface area contributed by atoms with E-state index in [4.69, 9.17) is 27.9 Å². The Morgan fingerprint density at radius 1 is 0.971 bits per heavy atom. The number of amides is 2. The third-order valence-electron chi connectivity index (χ3n) is 5.08. The lowest BCUT2D eigenvalue weighted by Crippen LogP contribution is -2.18. The lowest BCUT2D eigenvalue weighted by molar-refractivity contribution is -0.121. The number of ether oxygens (including phenoxy) is 1. The molecule has 9 heteroatoms. The first-order valence-electron chi connectivity index (χ1n) is 10.9. The van der Waals surface area contributed by atoms with Gasteiger partial charge in [0.25, 0.3) is 0 Å². The molecule has 0 aliphatic rings. The smallest absolute Gasteiger partial charge is 0.240 e. The summed E-state index contributed by atoms with van der Waals surface area (Å²) >= 11 is 12.0. The van der Waals surface area contributed by atoms with Gasteiger partial charge in [-0.1, -0.05) is 35.3 Å². The third kappa shape index (κ3) is 8.09. The number of halogens is 3. The molecule has 35 heavy (non-hydrogen) atoms. The second-order valence-corrected chi connectivity index (χ2v) is 8.48. The van der Waals surface area contributed by atoms with Crippen molar-refractivity contribution in [1.29, 1.82) is 0 Å². The van der Waals surface area contributed by atoms with E-state index in [1.807, 2.05) is 6.92 Å². The van der Waals surface area contributed by atoms with E-state index in [1.165, 1.54) is 18.3 Å². The van der Waals surface area contributed by atoms with Crippen LogP contribution in [0.15, 0.2) is 65.8 Å². The summed E-state index contributed by atoms with van der Waals surface area (Å²) in [5.74, 6) is -0.369. The summed E-state index contributed by atoms with van der Waals surface area (Å²) < 4.78 is 19.4. The minimum atomic E-state index is -0.422. The second-order valence-electron chi connectivity index (χ2n) is 7.67. The number of hydrogen-bond acceptors (Lipinski definition) is 4. The molecular weight excluding hydrogens is 492 g/mol. The minimum Gasteiger partial charge on any atom is -0.489 e. The molecule has 3 rings (SSSR count). The van der Waals surface area contributed by atoms with Crippen LogP contribution in [0.3, 0.4) is 0 Å². The van der Waals surface area contributed by atoms with Crippen LogP contribution in [0.25, 0.3) is 0 Å². The standard InChI is InChI=1S/C26H24Cl2FN3O3/c1-17-21(27)5-3-8-24(17)31-25(33)9-4-10-26(34)32-30-15-18-11-13-19(14-12-18)35-16-20-22(28)6-2-7-23(20)29/h2-3,5-8,11-15H,4,9-10,16H2,1H3,(H,31,33)(H,32,34)/b30-15-. The number of rotatable bonds is 10. The molecule has 3 aromatic carbocycles. The number of carbonyl (C=O) groups excluding carboxylic acids is 2. The van der Waals surface area contributed by atoms with Gasteiger partial charge in [0, 0.05) is 29.1 Å². The van der Waals surface area contributed by atoms with Crippen molar-refractivity contribution in [2.24, 2.45) is 5.10 Å². The van der Waals surface area contributed by atoms with Crippen molar-refractivity contribution in [3.63, 3.8) is 0 Å². The first kappa shape index (κ1) is 26.2. The van der Waals surface area contributed by atoms with E-state index in [-0.39, 0.29) is 31.3 Å². The Labute approximate surface area is 213 Å². The van der Waals surface area contributed by atoms with E-state index in [0.717, 1.165) is 11.1 Å². The average Bonchev–Trinajstić information content (AvgIpc) is 2.83. The summed E-state index contributed by atoms with van der Waals surface area (Å²) in [6.45, 7) is 1.83. The lowest BCUT2D eigenvalue weighted by atomic mass is 10.2. The predicted octanol–water partition coefficient (Wildman–Crippen LogP) is 6.28. The van der Waals surface area contributed by atoms with Crippen LogP contribution in [0.2, 0.25) is 10.0 Å². The van der Waals surface area contributed by atoms with E-state index in [2.05, 4.69) is 15.8 Å². The Kier molecular flexibility index (Phi) is 9.64. The maximum absolute atomic E-state index is 13.8. The molecule has 0 bridgehead atoms. The Hall–Kier alpha value is -3.42. The molecule has 182 valence electrons. The van der Waals surface area contributed by atoms with Crippen molar-refractivity contribution in [3.05, 3.63) is 93.2 Å². The summed E-state index contributed by atoms with van der Waals surface area (Å²) in [4.78, 5) is 24.1. The van der Waals surface area contributed by atoms with Crippen LogP contribution in [-0.2, 0) is 16.2 Å². The number of hydrogen-bond donors (Lipinski definition) is 2. The number of nitrogens with one attached hydrogen (secondary N) is 2. The van der Waals surface area contributed by atoms with Gasteiger partial charge < -0.3 is 10.1 Å². The number of carbonyl (C=O) groups is 2. The van der Waals surface area contributed by atoms with Crippen LogP contribution >= 0.6 is 23.2 Å². The molecular formula is C26H24Cl2FN3O3. The fraction of sp³-hybridized carbons (Fsp3) is 0.192. The highest BCUT2D eigenvalue weighted by Crippen LogP contribution is 2.23. The van der Waals surface area contributed by atoms with E-state index >= 15 is 0 Å². The molecule has 0 heterocycles. The first-order chi connectivity index (χ1) is 16.8. The highest BCUT2D eigenvalue weighted by Gasteiger charge is 2.09. The molecule has 2 N–H and O–H groups in total. The fourth-order valence-corrected chi connectivity index (χ4v) is 3.47. The zero-order valence-corrected chi connectivity index (χ0v) is 20.5. The summed E-state index contributed by atoms with van der Waals surface area (Å²) in [5.41, 5.74) is 4.92. The summed E-state index contributed by atoms with van der Waals surface area (Å²) in [7, 11) is 0. The fourth-order valence-electron chi connectivity index (χ4n) is 3.08. The molecule has 0 aliphatic carbocycles. The molecule has 0 atom stereocenters. The zero-order valence-electron chi connectivity index (χ0n) is 19.0. The Bertz CT molecular complexity index is 1200. The van der Waals surface area contributed by atoms with E-state index in [0.29, 0.717) is 33.5 Å². The molecule has 6 nitrogen and oxygen atoms in total. The van der Waals surface area contributed by atoms with Gasteiger partial charge in [-0.15, -0.1) is 0 Å². The third-order valence-corrected chi connectivity index (χ3v) is 5.84. The maximum atomic E-state index is 13.8. The average molecular weight is 516 g/mol. The summed E-state index contributed by atoms with van der Waals surface area (Å²) in [5, 5.41) is 7.61. The Balaban J connectivity index is 1.37. The van der Waals surface area contributed by atoms with Crippen molar-refractivity contribution < 1.29 is 18.7 Å². The van der Waals surface area contributed by atoms with Crippen LogP contribution in [0.1, 0.15) is 36.0 Å². The molecule has 0 saturated heterocycles. The van der Waals surface area contributed by atoms with Crippen LogP contribution in [0.5, 0.6) is 5.75 Å². The maximum Gasteiger partial charge on any atom is 0.240 e. The van der Waals surface area contributed by atoms with Crippen molar-refractivity contribution in [2.75, 3.05) is 5.32 Å². The van der Waals surface area contributed by atoms with Gasteiger partial charge in [-0.25, -0.2) is 9.82 Å². The van der Waals surface area contributed by atoms with Crippen LogP contribution < -0.4 is 15.5 Å². The molecule has 0 radical (unpaired) electrons. The van der Waals surface area contributed by atoms with Gasteiger partial charge in [0.15, 0.2) is 0 Å². The lowest BCUT2D eigenvalue weighted by Gasteiger charge is -2.09. The molecule has 0 aliphatic heterocycles. The first-order valence-corrected chi connectivity index (χ1v) is 11.6. The van der Waals surface area contributed by atoms with E-state index in [1.54, 1.807) is 48.5 Å². The van der Waals surface area contributed by atoms with Gasteiger partial charge in [-0.3, -0.25) is 9.59 Å². The van der Waals surface area contributed by atoms with Gasteiger partial charge in [-0.05, 0) is 73.0 Å². The van der Waals surface area contributed by atoms with Crippen molar-refractivity contribution >= 4 is 46.9 Å². The molecule has 0 saturated carbocycles. The largest absolute Gasteiger partial charge is 0.489 e. The molecule has 0 aromatic heterocycles. The van der Waals surface area contributed by atoms with Crippen molar-refractivity contribution in [2.45, 2.75) is 32.8 Å². The molecule has 0 unspecified atom stereocenters. The van der Waals surface area contributed by atoms with Gasteiger partial charge in [0.2, 0.25) is 11.8 Å². The van der Waals surface area contributed by atoms with Crippen molar-refractivity contribution in [3.8, 4) is 5.75 Å². The van der Waals surface area contributed by atoms with Gasteiger partial charge in [-0.2, -0.15) is 5.10 Å². The number of nitrogens with zero attached hydrogens (tertiary/aromatic N) is 1. The van der Waals surface area contributed by atoms with Crippen LogP contribution in [-0.4, -0.2) is 18.0 Å². The topological polar surface area (TPSA) is 79.8 Å². The van der Waals surface area contributed by atoms with Crippen molar-refractivity contribution in [1.82, 2.24) is 5.43 Å². The molecule has 3 aromatic rings. The molecule has 2 amide bonds.